The highest BCUT2D eigenvalue weighted by molar-refractivity contribution is 6.23. The Bertz CT molecular complexity index is 572. The largest absolute Gasteiger partial charge is 0.496 e. The highest BCUT2D eigenvalue weighted by atomic mass is 35.5. The zero-order valence-corrected chi connectivity index (χ0v) is 11.4. The van der Waals surface area contributed by atoms with E-state index in [0.29, 0.717) is 17.1 Å². The minimum absolute atomic E-state index is 0.351. The van der Waals surface area contributed by atoms with Crippen LogP contribution in [0, 0.1) is 5.82 Å². The molecule has 0 spiro atoms. The zero-order chi connectivity index (χ0) is 13.8. The van der Waals surface area contributed by atoms with Gasteiger partial charge >= 0.3 is 0 Å². The van der Waals surface area contributed by atoms with Crippen LogP contribution in [0.25, 0.3) is 0 Å². The normalized spacial score (nSPS) is 12.0. The molecule has 0 saturated carbocycles. The summed E-state index contributed by atoms with van der Waals surface area (Å²) < 4.78 is 23.9. The SMILES string of the molecule is COc1ccccc1C(Cl)c1cc(F)ccc1OC. The van der Waals surface area contributed by atoms with Gasteiger partial charge in [-0.25, -0.2) is 4.39 Å². The summed E-state index contributed by atoms with van der Waals surface area (Å²) in [6.45, 7) is 0. The third-order valence-electron chi connectivity index (χ3n) is 2.88. The van der Waals surface area contributed by atoms with Gasteiger partial charge in [0.15, 0.2) is 0 Å². The van der Waals surface area contributed by atoms with Crippen LogP contribution < -0.4 is 9.47 Å². The van der Waals surface area contributed by atoms with Crippen molar-refractivity contribution in [2.24, 2.45) is 0 Å². The maximum absolute atomic E-state index is 13.4. The van der Waals surface area contributed by atoms with E-state index >= 15 is 0 Å². The van der Waals surface area contributed by atoms with Crippen molar-refractivity contribution in [3.63, 3.8) is 0 Å². The highest BCUT2D eigenvalue weighted by Gasteiger charge is 2.19. The Labute approximate surface area is 116 Å². The van der Waals surface area contributed by atoms with Gasteiger partial charge in [0.2, 0.25) is 0 Å². The van der Waals surface area contributed by atoms with Crippen LogP contribution >= 0.6 is 11.6 Å². The van der Waals surface area contributed by atoms with Gasteiger partial charge in [-0.15, -0.1) is 11.6 Å². The Morgan fingerprint density at radius 2 is 1.58 bits per heavy atom. The number of benzene rings is 2. The highest BCUT2D eigenvalue weighted by Crippen LogP contribution is 2.39. The summed E-state index contributed by atoms with van der Waals surface area (Å²) in [6, 6.07) is 11.7. The molecule has 0 N–H and O–H groups in total. The Morgan fingerprint density at radius 1 is 0.947 bits per heavy atom. The number of halogens is 2. The second-order valence-corrected chi connectivity index (χ2v) is 4.43. The molecule has 0 aliphatic heterocycles. The van der Waals surface area contributed by atoms with Crippen LogP contribution in [0.3, 0.4) is 0 Å². The van der Waals surface area contributed by atoms with E-state index in [2.05, 4.69) is 0 Å². The van der Waals surface area contributed by atoms with Crippen molar-refractivity contribution in [2.75, 3.05) is 14.2 Å². The molecule has 1 unspecified atom stereocenters. The second-order valence-electron chi connectivity index (χ2n) is 3.99. The fourth-order valence-corrected chi connectivity index (χ4v) is 2.30. The van der Waals surface area contributed by atoms with E-state index in [1.807, 2.05) is 24.3 Å². The minimum Gasteiger partial charge on any atom is -0.496 e. The first kappa shape index (κ1) is 13.7. The smallest absolute Gasteiger partial charge is 0.124 e. The van der Waals surface area contributed by atoms with Gasteiger partial charge in [0.05, 0.1) is 19.6 Å². The summed E-state index contributed by atoms with van der Waals surface area (Å²) in [5.74, 6) is 0.859. The molecular weight excluding hydrogens is 267 g/mol. The third kappa shape index (κ3) is 2.82. The predicted molar refractivity (Wildman–Crippen MR) is 73.6 cm³/mol. The predicted octanol–water partition coefficient (Wildman–Crippen LogP) is 4.17. The summed E-state index contributed by atoms with van der Waals surface area (Å²) >= 11 is 6.44. The van der Waals surface area contributed by atoms with Crippen LogP contribution in [0.5, 0.6) is 11.5 Å². The van der Waals surface area contributed by atoms with Crippen LogP contribution in [0.15, 0.2) is 42.5 Å². The van der Waals surface area contributed by atoms with Crippen molar-refractivity contribution in [1.82, 2.24) is 0 Å². The van der Waals surface area contributed by atoms with Gasteiger partial charge in [0.1, 0.15) is 17.3 Å². The Hall–Kier alpha value is -1.74. The van der Waals surface area contributed by atoms with Crippen molar-refractivity contribution < 1.29 is 13.9 Å². The van der Waals surface area contributed by atoms with Crippen molar-refractivity contribution in [2.45, 2.75) is 5.38 Å². The number of alkyl halides is 1. The molecule has 0 aliphatic rings. The summed E-state index contributed by atoms with van der Waals surface area (Å²) in [5, 5.41) is -0.540. The molecule has 2 aromatic rings. The van der Waals surface area contributed by atoms with Crippen LogP contribution in [0.1, 0.15) is 16.5 Å². The average molecular weight is 281 g/mol. The van der Waals surface area contributed by atoms with Crippen molar-refractivity contribution in [3.05, 3.63) is 59.4 Å². The summed E-state index contributed by atoms with van der Waals surface area (Å²) in [7, 11) is 3.10. The van der Waals surface area contributed by atoms with E-state index in [9.17, 15) is 4.39 Å². The molecule has 0 heterocycles. The van der Waals surface area contributed by atoms with Gasteiger partial charge in [0.25, 0.3) is 0 Å². The number of hydrogen-bond acceptors (Lipinski definition) is 2. The second kappa shape index (κ2) is 5.93. The van der Waals surface area contributed by atoms with Gasteiger partial charge in [-0.3, -0.25) is 0 Å². The van der Waals surface area contributed by atoms with E-state index in [1.165, 1.54) is 19.2 Å². The molecule has 1 atom stereocenters. The lowest BCUT2D eigenvalue weighted by Crippen LogP contribution is -2.00. The summed E-state index contributed by atoms with van der Waals surface area (Å²) in [6.07, 6.45) is 0. The summed E-state index contributed by atoms with van der Waals surface area (Å²) in [5.41, 5.74) is 1.35. The first-order chi connectivity index (χ1) is 9.17. The third-order valence-corrected chi connectivity index (χ3v) is 3.35. The number of rotatable bonds is 4. The molecule has 0 aromatic heterocycles. The number of hydrogen-bond donors (Lipinski definition) is 0. The van der Waals surface area contributed by atoms with E-state index in [1.54, 1.807) is 13.2 Å². The molecule has 0 aliphatic carbocycles. The molecule has 0 radical (unpaired) electrons. The zero-order valence-electron chi connectivity index (χ0n) is 10.7. The summed E-state index contributed by atoms with van der Waals surface area (Å²) in [4.78, 5) is 0. The standard InChI is InChI=1S/C15H14ClFO2/c1-18-13-6-4-3-5-11(13)15(16)12-9-10(17)7-8-14(12)19-2/h3-9,15H,1-2H3. The van der Waals surface area contributed by atoms with E-state index < -0.39 is 5.38 Å². The fourth-order valence-electron chi connectivity index (χ4n) is 1.95. The molecule has 0 fully saturated rings. The maximum atomic E-state index is 13.4. The van der Waals surface area contributed by atoms with E-state index in [-0.39, 0.29) is 5.82 Å². The van der Waals surface area contributed by atoms with Gasteiger partial charge in [-0.2, -0.15) is 0 Å². The van der Waals surface area contributed by atoms with Crippen LogP contribution in [0.2, 0.25) is 0 Å². The number of para-hydroxylation sites is 1. The quantitative estimate of drug-likeness (QED) is 0.783. The lowest BCUT2D eigenvalue weighted by Gasteiger charge is -2.16. The molecular formula is C15H14ClFO2. The molecule has 2 nitrogen and oxygen atoms in total. The Morgan fingerprint density at radius 3 is 2.26 bits per heavy atom. The van der Waals surface area contributed by atoms with Crippen LogP contribution in [0.4, 0.5) is 4.39 Å². The lowest BCUT2D eigenvalue weighted by molar-refractivity contribution is 0.404. The van der Waals surface area contributed by atoms with Gasteiger partial charge < -0.3 is 9.47 Å². The first-order valence-electron chi connectivity index (χ1n) is 5.77. The number of methoxy groups -OCH3 is 2. The van der Waals surface area contributed by atoms with Gasteiger partial charge in [0, 0.05) is 11.1 Å². The van der Waals surface area contributed by atoms with Crippen LogP contribution in [-0.2, 0) is 0 Å². The lowest BCUT2D eigenvalue weighted by atomic mass is 10.0. The Kier molecular flexibility index (Phi) is 4.27. The molecule has 0 amide bonds. The average Bonchev–Trinajstić information content (AvgIpc) is 2.46. The van der Waals surface area contributed by atoms with E-state index in [0.717, 1.165) is 5.56 Å². The number of ether oxygens (including phenoxy) is 2. The molecule has 0 saturated heterocycles. The van der Waals surface area contributed by atoms with Crippen molar-refractivity contribution >= 4 is 11.6 Å². The van der Waals surface area contributed by atoms with Crippen LogP contribution in [-0.4, -0.2) is 14.2 Å². The van der Waals surface area contributed by atoms with E-state index in [4.69, 9.17) is 21.1 Å². The molecule has 0 bridgehead atoms. The molecule has 4 heteroatoms. The minimum atomic E-state index is -0.540. The van der Waals surface area contributed by atoms with Gasteiger partial charge in [-0.1, -0.05) is 18.2 Å². The molecule has 2 rings (SSSR count). The van der Waals surface area contributed by atoms with Crippen molar-refractivity contribution in [3.8, 4) is 11.5 Å². The molecule has 2 aromatic carbocycles. The van der Waals surface area contributed by atoms with Gasteiger partial charge in [-0.05, 0) is 24.3 Å². The first-order valence-corrected chi connectivity index (χ1v) is 6.21. The topological polar surface area (TPSA) is 18.5 Å². The molecule has 19 heavy (non-hydrogen) atoms. The molecule has 100 valence electrons. The fraction of sp³-hybridized carbons (Fsp3) is 0.200. The monoisotopic (exact) mass is 280 g/mol. The maximum Gasteiger partial charge on any atom is 0.124 e. The Balaban J connectivity index is 2.49. The van der Waals surface area contributed by atoms with Crippen molar-refractivity contribution in [1.29, 1.82) is 0 Å².